The highest BCUT2D eigenvalue weighted by atomic mass is 32.2. The molecule has 5 heteroatoms. The Kier molecular flexibility index (Phi) is 3.05. The summed E-state index contributed by atoms with van der Waals surface area (Å²) in [5.74, 6) is -0.0621. The fourth-order valence-electron chi connectivity index (χ4n) is 2.17. The summed E-state index contributed by atoms with van der Waals surface area (Å²) < 4.78 is 22.7. The highest BCUT2D eigenvalue weighted by Crippen LogP contribution is 2.35. The molecule has 1 fully saturated rings. The van der Waals surface area contributed by atoms with Gasteiger partial charge in [-0.25, -0.2) is 8.42 Å². The van der Waals surface area contributed by atoms with Gasteiger partial charge in [0.2, 0.25) is 0 Å². The van der Waals surface area contributed by atoms with Crippen molar-refractivity contribution in [1.29, 1.82) is 0 Å². The Hall–Kier alpha value is -1.20. The summed E-state index contributed by atoms with van der Waals surface area (Å²) in [6.07, 6.45) is 0.997. The molecule has 0 spiro atoms. The zero-order valence-electron chi connectivity index (χ0n) is 9.30. The summed E-state index contributed by atoms with van der Waals surface area (Å²) in [5, 5.41) is 10.5. The first-order valence-electron chi connectivity index (χ1n) is 5.44. The zero-order chi connectivity index (χ0) is 12.5. The number of carbonyl (C=O) groups is 1. The van der Waals surface area contributed by atoms with Crippen LogP contribution in [0.25, 0.3) is 0 Å². The average Bonchev–Trinajstić information content (AvgIpc) is 2.33. The first kappa shape index (κ1) is 12.3. The monoisotopic (exact) mass is 254 g/mol. The standard InChI is InChI=1S/C12H14O4S/c13-9-10-3-1-2-4-11(10)12(14)5-7-17(15,16)8-6-12/h1-4,9,14H,5-8H2. The van der Waals surface area contributed by atoms with Crippen molar-refractivity contribution >= 4 is 16.1 Å². The molecule has 0 unspecified atom stereocenters. The average molecular weight is 254 g/mol. The predicted molar refractivity (Wildman–Crippen MR) is 63.6 cm³/mol. The number of aliphatic hydroxyl groups is 1. The maximum absolute atomic E-state index is 11.3. The van der Waals surface area contributed by atoms with Crippen LogP contribution in [0.1, 0.15) is 28.8 Å². The maximum atomic E-state index is 11.3. The molecule has 1 aromatic carbocycles. The van der Waals surface area contributed by atoms with Gasteiger partial charge in [-0.3, -0.25) is 4.79 Å². The van der Waals surface area contributed by atoms with Gasteiger partial charge in [0, 0.05) is 5.56 Å². The lowest BCUT2D eigenvalue weighted by molar-refractivity contribution is 0.0256. The minimum Gasteiger partial charge on any atom is -0.385 e. The van der Waals surface area contributed by atoms with Gasteiger partial charge < -0.3 is 5.11 Å². The summed E-state index contributed by atoms with van der Waals surface area (Å²) >= 11 is 0. The molecule has 1 heterocycles. The number of aldehydes is 1. The molecule has 0 aliphatic carbocycles. The van der Waals surface area contributed by atoms with Crippen molar-refractivity contribution in [3.05, 3.63) is 35.4 Å². The number of carbonyl (C=O) groups excluding carboxylic acids is 1. The molecule has 4 nitrogen and oxygen atoms in total. The molecule has 17 heavy (non-hydrogen) atoms. The molecule has 0 atom stereocenters. The van der Waals surface area contributed by atoms with E-state index in [-0.39, 0.29) is 24.3 Å². The summed E-state index contributed by atoms with van der Waals surface area (Å²) in [6.45, 7) is 0. The van der Waals surface area contributed by atoms with E-state index in [1.807, 2.05) is 0 Å². The Morgan fingerprint density at radius 1 is 1.18 bits per heavy atom. The van der Waals surface area contributed by atoms with Gasteiger partial charge in [0.15, 0.2) is 9.84 Å². The smallest absolute Gasteiger partial charge is 0.150 e. The van der Waals surface area contributed by atoms with E-state index in [2.05, 4.69) is 0 Å². The van der Waals surface area contributed by atoms with Gasteiger partial charge >= 0.3 is 0 Å². The van der Waals surface area contributed by atoms with Crippen molar-refractivity contribution in [2.45, 2.75) is 18.4 Å². The van der Waals surface area contributed by atoms with Crippen LogP contribution in [-0.2, 0) is 15.4 Å². The highest BCUT2D eigenvalue weighted by Gasteiger charge is 2.37. The van der Waals surface area contributed by atoms with Crippen LogP contribution in [0.5, 0.6) is 0 Å². The lowest BCUT2D eigenvalue weighted by Crippen LogP contribution is -2.37. The largest absolute Gasteiger partial charge is 0.385 e. The molecule has 92 valence electrons. The summed E-state index contributed by atoms with van der Waals surface area (Å²) in [6, 6.07) is 6.77. The Labute approximate surface area is 100 Å². The number of hydrogen-bond donors (Lipinski definition) is 1. The Balaban J connectivity index is 2.36. The van der Waals surface area contributed by atoms with Gasteiger partial charge in [0.05, 0.1) is 17.1 Å². The van der Waals surface area contributed by atoms with Crippen molar-refractivity contribution < 1.29 is 18.3 Å². The molecule has 0 aromatic heterocycles. The summed E-state index contributed by atoms with van der Waals surface area (Å²) in [4.78, 5) is 10.9. The molecule has 1 aliphatic rings. The molecule has 1 aliphatic heterocycles. The molecule has 2 rings (SSSR count). The number of hydrogen-bond acceptors (Lipinski definition) is 4. The highest BCUT2D eigenvalue weighted by molar-refractivity contribution is 7.91. The third-order valence-corrected chi connectivity index (χ3v) is 4.89. The lowest BCUT2D eigenvalue weighted by Gasteiger charge is -2.33. The molecule has 0 amide bonds. The van der Waals surface area contributed by atoms with E-state index >= 15 is 0 Å². The first-order chi connectivity index (χ1) is 7.97. The van der Waals surface area contributed by atoms with Crippen molar-refractivity contribution in [3.63, 3.8) is 0 Å². The van der Waals surface area contributed by atoms with Crippen LogP contribution >= 0.6 is 0 Å². The quantitative estimate of drug-likeness (QED) is 0.796. The van der Waals surface area contributed by atoms with Crippen LogP contribution in [0, 0.1) is 0 Å². The molecule has 0 radical (unpaired) electrons. The van der Waals surface area contributed by atoms with Crippen LogP contribution in [0.2, 0.25) is 0 Å². The van der Waals surface area contributed by atoms with Gasteiger partial charge in [-0.2, -0.15) is 0 Å². The fourth-order valence-corrected chi connectivity index (χ4v) is 3.67. The maximum Gasteiger partial charge on any atom is 0.150 e. The minimum absolute atomic E-state index is 0.0311. The molecular weight excluding hydrogens is 240 g/mol. The second-order valence-corrected chi connectivity index (χ2v) is 6.69. The number of sulfone groups is 1. The van der Waals surface area contributed by atoms with E-state index in [1.54, 1.807) is 24.3 Å². The minimum atomic E-state index is -3.03. The van der Waals surface area contributed by atoms with E-state index in [4.69, 9.17) is 0 Å². The van der Waals surface area contributed by atoms with Crippen LogP contribution < -0.4 is 0 Å². The van der Waals surface area contributed by atoms with E-state index in [1.165, 1.54) is 0 Å². The fraction of sp³-hybridized carbons (Fsp3) is 0.417. The van der Waals surface area contributed by atoms with E-state index in [0.717, 1.165) is 0 Å². The molecule has 1 aromatic rings. The van der Waals surface area contributed by atoms with Crippen LogP contribution in [-0.4, -0.2) is 31.3 Å². The Bertz CT molecular complexity index is 519. The SMILES string of the molecule is O=Cc1ccccc1C1(O)CCS(=O)(=O)CC1. The topological polar surface area (TPSA) is 71.4 Å². The van der Waals surface area contributed by atoms with Crippen molar-refractivity contribution in [2.75, 3.05) is 11.5 Å². The molecular formula is C12H14O4S. The third kappa shape index (κ3) is 2.40. The van der Waals surface area contributed by atoms with Crippen molar-refractivity contribution in [2.24, 2.45) is 0 Å². The number of benzene rings is 1. The molecule has 1 N–H and O–H groups in total. The number of rotatable bonds is 2. The van der Waals surface area contributed by atoms with Crippen molar-refractivity contribution in [1.82, 2.24) is 0 Å². The molecule has 0 bridgehead atoms. The molecule has 0 saturated carbocycles. The van der Waals surface area contributed by atoms with E-state index in [9.17, 15) is 18.3 Å². The van der Waals surface area contributed by atoms with Gasteiger partial charge in [0.25, 0.3) is 0 Å². The Morgan fingerprint density at radius 3 is 2.35 bits per heavy atom. The van der Waals surface area contributed by atoms with Gasteiger partial charge in [-0.05, 0) is 18.4 Å². The van der Waals surface area contributed by atoms with Crippen LogP contribution in [0.15, 0.2) is 24.3 Å². The van der Waals surface area contributed by atoms with E-state index in [0.29, 0.717) is 17.4 Å². The summed E-state index contributed by atoms with van der Waals surface area (Å²) in [5.41, 5.74) is -0.234. The Morgan fingerprint density at radius 2 is 1.76 bits per heavy atom. The predicted octanol–water partition coefficient (Wildman–Crippen LogP) is 0.895. The lowest BCUT2D eigenvalue weighted by atomic mass is 9.85. The zero-order valence-corrected chi connectivity index (χ0v) is 10.1. The van der Waals surface area contributed by atoms with Gasteiger partial charge in [0.1, 0.15) is 6.29 Å². The third-order valence-electron chi connectivity index (χ3n) is 3.24. The van der Waals surface area contributed by atoms with Crippen LogP contribution in [0.3, 0.4) is 0 Å². The second-order valence-electron chi connectivity index (χ2n) is 4.39. The first-order valence-corrected chi connectivity index (χ1v) is 7.26. The normalized spacial score (nSPS) is 21.9. The van der Waals surface area contributed by atoms with Crippen molar-refractivity contribution in [3.8, 4) is 0 Å². The van der Waals surface area contributed by atoms with E-state index < -0.39 is 15.4 Å². The summed E-state index contributed by atoms with van der Waals surface area (Å²) in [7, 11) is -3.03. The van der Waals surface area contributed by atoms with Crippen LogP contribution in [0.4, 0.5) is 0 Å². The van der Waals surface area contributed by atoms with Gasteiger partial charge in [-0.1, -0.05) is 24.3 Å². The van der Waals surface area contributed by atoms with Gasteiger partial charge in [-0.15, -0.1) is 0 Å². The second kappa shape index (κ2) is 4.23. The molecule has 1 saturated heterocycles.